The lowest BCUT2D eigenvalue weighted by atomic mass is 10.0. The number of carbonyl (C=O) groups is 2. The second kappa shape index (κ2) is 8.87. The molecule has 0 saturated carbocycles. The highest BCUT2D eigenvalue weighted by Gasteiger charge is 2.36. The van der Waals surface area contributed by atoms with Gasteiger partial charge in [0.15, 0.2) is 6.17 Å². The lowest BCUT2D eigenvalue weighted by Gasteiger charge is -2.38. The number of rotatable bonds is 6. The molecule has 0 aliphatic carbocycles. The molecule has 2 amide bonds. The lowest BCUT2D eigenvalue weighted by Crippen LogP contribution is -2.52. The molecular formula is C23H20N4O6. The van der Waals surface area contributed by atoms with Crippen molar-refractivity contribution in [3.63, 3.8) is 0 Å². The standard InChI is InChI=1S/C23H20N4O6/c1-32-16-11-12-18(20(13-16)33-2)21-24-19-6-4-3-5-17(19)23(29)26(21)25-22(28)14-7-9-15(10-8-14)27(30)31/h3-13,21,24H,1-2H3,(H,25,28)/t21-/m0/s1. The summed E-state index contributed by atoms with van der Waals surface area (Å²) in [6, 6.07) is 17.2. The third-order valence-corrected chi connectivity index (χ3v) is 5.22. The van der Waals surface area contributed by atoms with Crippen LogP contribution in [0, 0.1) is 10.1 Å². The first-order chi connectivity index (χ1) is 15.9. The highest BCUT2D eigenvalue weighted by atomic mass is 16.6. The number of hydrogen-bond acceptors (Lipinski definition) is 7. The van der Waals surface area contributed by atoms with Crippen LogP contribution in [0.3, 0.4) is 0 Å². The number of nitrogens with zero attached hydrogens (tertiary/aromatic N) is 2. The summed E-state index contributed by atoms with van der Waals surface area (Å²) in [6.07, 6.45) is -0.796. The number of amides is 2. The first-order valence-corrected chi connectivity index (χ1v) is 9.89. The number of para-hydroxylation sites is 1. The topological polar surface area (TPSA) is 123 Å². The van der Waals surface area contributed by atoms with E-state index in [-0.39, 0.29) is 11.3 Å². The smallest absolute Gasteiger partial charge is 0.276 e. The number of anilines is 1. The van der Waals surface area contributed by atoms with Crippen molar-refractivity contribution in [2.45, 2.75) is 6.17 Å². The number of nitro benzene ring substituents is 1. The Hall–Kier alpha value is -4.60. The predicted octanol–water partition coefficient (Wildman–Crippen LogP) is 3.52. The molecule has 0 aromatic heterocycles. The van der Waals surface area contributed by atoms with Gasteiger partial charge in [-0.25, -0.2) is 5.01 Å². The zero-order chi connectivity index (χ0) is 23.5. The average molecular weight is 448 g/mol. The highest BCUT2D eigenvalue weighted by Crippen LogP contribution is 2.37. The zero-order valence-electron chi connectivity index (χ0n) is 17.8. The molecule has 0 spiro atoms. The molecule has 0 bridgehead atoms. The van der Waals surface area contributed by atoms with Crippen molar-refractivity contribution in [1.82, 2.24) is 10.4 Å². The summed E-state index contributed by atoms with van der Waals surface area (Å²) in [6.45, 7) is 0. The van der Waals surface area contributed by atoms with Crippen LogP contribution in [0.5, 0.6) is 11.5 Å². The Kier molecular flexibility index (Phi) is 5.81. The normalized spacial score (nSPS) is 14.7. The number of nitro groups is 1. The monoisotopic (exact) mass is 448 g/mol. The first-order valence-electron chi connectivity index (χ1n) is 9.89. The van der Waals surface area contributed by atoms with E-state index in [0.717, 1.165) is 0 Å². The Labute approximate surface area is 188 Å². The molecule has 0 saturated heterocycles. The fourth-order valence-electron chi connectivity index (χ4n) is 3.54. The minimum Gasteiger partial charge on any atom is -0.497 e. The summed E-state index contributed by atoms with van der Waals surface area (Å²) >= 11 is 0. The van der Waals surface area contributed by atoms with Gasteiger partial charge in [0.2, 0.25) is 0 Å². The van der Waals surface area contributed by atoms with Crippen molar-refractivity contribution >= 4 is 23.2 Å². The van der Waals surface area contributed by atoms with E-state index in [1.807, 2.05) is 0 Å². The molecule has 0 fully saturated rings. The van der Waals surface area contributed by atoms with E-state index in [1.165, 1.54) is 43.5 Å². The van der Waals surface area contributed by atoms with Crippen LogP contribution in [-0.4, -0.2) is 36.0 Å². The Morgan fingerprint density at radius 1 is 1.06 bits per heavy atom. The van der Waals surface area contributed by atoms with Crippen LogP contribution in [0.25, 0.3) is 0 Å². The Balaban J connectivity index is 1.72. The van der Waals surface area contributed by atoms with Crippen molar-refractivity contribution in [2.75, 3.05) is 19.5 Å². The van der Waals surface area contributed by atoms with Crippen LogP contribution in [-0.2, 0) is 0 Å². The number of ether oxygens (including phenoxy) is 2. The fraction of sp³-hybridized carbons (Fsp3) is 0.130. The van der Waals surface area contributed by atoms with Gasteiger partial charge in [-0.15, -0.1) is 0 Å². The number of hydrogen-bond donors (Lipinski definition) is 2. The largest absolute Gasteiger partial charge is 0.497 e. The van der Waals surface area contributed by atoms with Crippen LogP contribution in [0.15, 0.2) is 66.7 Å². The number of benzene rings is 3. The van der Waals surface area contributed by atoms with Gasteiger partial charge in [-0.2, -0.15) is 0 Å². The molecule has 0 radical (unpaired) electrons. The number of fused-ring (bicyclic) bond motifs is 1. The van der Waals surface area contributed by atoms with Crippen LogP contribution in [0.1, 0.15) is 32.4 Å². The molecule has 10 nitrogen and oxygen atoms in total. The van der Waals surface area contributed by atoms with Gasteiger partial charge in [0, 0.05) is 35.0 Å². The second-order valence-electron chi connectivity index (χ2n) is 7.12. The van der Waals surface area contributed by atoms with Gasteiger partial charge in [0.05, 0.1) is 24.7 Å². The second-order valence-corrected chi connectivity index (χ2v) is 7.12. The first kappa shape index (κ1) is 21.6. The van der Waals surface area contributed by atoms with Crippen LogP contribution in [0.2, 0.25) is 0 Å². The molecule has 168 valence electrons. The zero-order valence-corrected chi connectivity index (χ0v) is 17.8. The number of methoxy groups -OCH3 is 2. The molecule has 10 heteroatoms. The predicted molar refractivity (Wildman–Crippen MR) is 119 cm³/mol. The molecular weight excluding hydrogens is 428 g/mol. The average Bonchev–Trinajstić information content (AvgIpc) is 2.85. The van der Waals surface area contributed by atoms with Crippen molar-refractivity contribution in [1.29, 1.82) is 0 Å². The minimum absolute atomic E-state index is 0.142. The van der Waals surface area contributed by atoms with Gasteiger partial charge < -0.3 is 14.8 Å². The van der Waals surface area contributed by atoms with Gasteiger partial charge >= 0.3 is 0 Å². The number of non-ortho nitro benzene ring substituents is 1. The van der Waals surface area contributed by atoms with E-state index in [2.05, 4.69) is 10.7 Å². The van der Waals surface area contributed by atoms with Gasteiger partial charge in [0.1, 0.15) is 11.5 Å². The maximum Gasteiger partial charge on any atom is 0.276 e. The number of hydrazine groups is 1. The van der Waals surface area contributed by atoms with E-state index in [4.69, 9.17) is 9.47 Å². The third kappa shape index (κ3) is 4.13. The van der Waals surface area contributed by atoms with E-state index in [1.54, 1.807) is 42.5 Å². The lowest BCUT2D eigenvalue weighted by molar-refractivity contribution is -0.384. The highest BCUT2D eigenvalue weighted by molar-refractivity contribution is 6.04. The fourth-order valence-corrected chi connectivity index (χ4v) is 3.54. The molecule has 3 aromatic rings. The van der Waals surface area contributed by atoms with Gasteiger partial charge in [-0.3, -0.25) is 25.1 Å². The van der Waals surface area contributed by atoms with Crippen molar-refractivity contribution in [3.8, 4) is 11.5 Å². The summed E-state index contributed by atoms with van der Waals surface area (Å²) < 4.78 is 10.8. The molecule has 33 heavy (non-hydrogen) atoms. The van der Waals surface area contributed by atoms with E-state index in [0.29, 0.717) is 28.3 Å². The maximum atomic E-state index is 13.3. The van der Waals surface area contributed by atoms with Crippen molar-refractivity contribution < 1.29 is 24.0 Å². The molecule has 0 unspecified atom stereocenters. The van der Waals surface area contributed by atoms with Crippen LogP contribution in [0.4, 0.5) is 11.4 Å². The minimum atomic E-state index is -0.796. The molecule has 3 aromatic carbocycles. The summed E-state index contributed by atoms with van der Waals surface area (Å²) in [5.74, 6) is -0.00684. The SMILES string of the molecule is COc1ccc([C@H]2Nc3ccccc3C(=O)N2NC(=O)c2ccc([N+](=O)[O-])cc2)c(OC)c1. The molecule has 1 aliphatic heterocycles. The number of nitrogens with one attached hydrogen (secondary N) is 2. The van der Waals surface area contributed by atoms with E-state index >= 15 is 0 Å². The van der Waals surface area contributed by atoms with E-state index in [9.17, 15) is 19.7 Å². The number of carbonyl (C=O) groups excluding carboxylic acids is 2. The molecule has 2 N–H and O–H groups in total. The van der Waals surface area contributed by atoms with Crippen molar-refractivity contribution in [3.05, 3.63) is 93.5 Å². The summed E-state index contributed by atoms with van der Waals surface area (Å²) in [5, 5.41) is 15.3. The van der Waals surface area contributed by atoms with Gasteiger partial charge in [-0.1, -0.05) is 12.1 Å². The summed E-state index contributed by atoms with van der Waals surface area (Å²) in [7, 11) is 3.03. The molecule has 1 heterocycles. The van der Waals surface area contributed by atoms with Gasteiger partial charge in [0.25, 0.3) is 17.5 Å². The Morgan fingerprint density at radius 2 is 1.79 bits per heavy atom. The van der Waals surface area contributed by atoms with Crippen LogP contribution < -0.4 is 20.2 Å². The molecule has 4 rings (SSSR count). The molecule has 1 atom stereocenters. The van der Waals surface area contributed by atoms with Crippen LogP contribution >= 0.6 is 0 Å². The van der Waals surface area contributed by atoms with E-state index < -0.39 is 22.9 Å². The molecule has 1 aliphatic rings. The Morgan fingerprint density at radius 3 is 2.45 bits per heavy atom. The van der Waals surface area contributed by atoms with Gasteiger partial charge in [-0.05, 0) is 36.4 Å². The summed E-state index contributed by atoms with van der Waals surface area (Å²) in [5.41, 5.74) is 4.22. The summed E-state index contributed by atoms with van der Waals surface area (Å²) in [4.78, 5) is 36.6. The van der Waals surface area contributed by atoms with Crippen molar-refractivity contribution in [2.24, 2.45) is 0 Å². The maximum absolute atomic E-state index is 13.3. The Bertz CT molecular complexity index is 1230. The third-order valence-electron chi connectivity index (χ3n) is 5.22. The quantitative estimate of drug-likeness (QED) is 0.437.